The molecule has 1 unspecified atom stereocenters. The van der Waals surface area contributed by atoms with Crippen molar-refractivity contribution in [3.8, 4) is 16.9 Å². The second-order valence-electron chi connectivity index (χ2n) is 8.24. The summed E-state index contributed by atoms with van der Waals surface area (Å²) < 4.78 is 2.00. The minimum absolute atomic E-state index is 0.275. The van der Waals surface area contributed by atoms with Gasteiger partial charge in [0.05, 0.1) is 11.4 Å². The number of likely N-dealkylation sites (tertiary alicyclic amines) is 1. The van der Waals surface area contributed by atoms with E-state index in [-0.39, 0.29) is 5.91 Å². The average molecular weight is 403 g/mol. The monoisotopic (exact) mass is 402 g/mol. The Morgan fingerprint density at radius 2 is 1.93 bits per heavy atom. The fraction of sp³-hybridized carbons (Fsp3) is 0.360. The molecule has 0 saturated carbocycles. The van der Waals surface area contributed by atoms with Crippen LogP contribution in [-0.4, -0.2) is 40.2 Å². The van der Waals surface area contributed by atoms with Gasteiger partial charge in [-0.3, -0.25) is 4.79 Å². The number of nitrogens with one attached hydrogen (secondary N) is 1. The lowest BCUT2D eigenvalue weighted by molar-refractivity contribution is -0.127. The minimum Gasteiger partial charge on any atom is -0.343 e. The maximum absolute atomic E-state index is 12.0. The largest absolute Gasteiger partial charge is 0.343 e. The molecule has 2 heterocycles. The van der Waals surface area contributed by atoms with Crippen molar-refractivity contribution >= 4 is 5.91 Å². The van der Waals surface area contributed by atoms with E-state index in [1.54, 1.807) is 0 Å². The van der Waals surface area contributed by atoms with Gasteiger partial charge >= 0.3 is 0 Å². The Morgan fingerprint density at radius 1 is 1.13 bits per heavy atom. The molecule has 0 spiro atoms. The third kappa shape index (κ3) is 4.31. The van der Waals surface area contributed by atoms with Crippen molar-refractivity contribution < 1.29 is 4.79 Å². The van der Waals surface area contributed by atoms with Gasteiger partial charge in [-0.25, -0.2) is 4.68 Å². The molecule has 1 aliphatic rings. The zero-order valence-corrected chi connectivity index (χ0v) is 18.1. The zero-order chi connectivity index (χ0) is 21.1. The molecule has 0 radical (unpaired) electrons. The molecule has 0 aliphatic carbocycles. The Morgan fingerprint density at radius 3 is 2.67 bits per heavy atom. The van der Waals surface area contributed by atoms with Gasteiger partial charge < -0.3 is 10.2 Å². The van der Waals surface area contributed by atoms with Gasteiger partial charge in [0.25, 0.3) is 0 Å². The Kier molecular flexibility index (Phi) is 6.00. The van der Waals surface area contributed by atoms with Gasteiger partial charge in [0.1, 0.15) is 0 Å². The molecule has 2 aromatic carbocycles. The fourth-order valence-corrected chi connectivity index (χ4v) is 4.17. The number of rotatable bonds is 7. The van der Waals surface area contributed by atoms with E-state index in [4.69, 9.17) is 5.10 Å². The van der Waals surface area contributed by atoms with Gasteiger partial charge in [-0.15, -0.1) is 0 Å². The number of aromatic nitrogens is 2. The molecule has 5 nitrogen and oxygen atoms in total. The van der Waals surface area contributed by atoms with Crippen LogP contribution in [0.2, 0.25) is 0 Å². The lowest BCUT2D eigenvalue weighted by Gasteiger charge is -2.14. The van der Waals surface area contributed by atoms with Crippen LogP contribution < -0.4 is 5.32 Å². The van der Waals surface area contributed by atoms with Gasteiger partial charge in [0.15, 0.2) is 0 Å². The van der Waals surface area contributed by atoms with Crippen molar-refractivity contribution in [2.45, 2.75) is 33.7 Å². The molecule has 3 aromatic rings. The molecule has 1 atom stereocenters. The molecule has 0 bridgehead atoms. The second kappa shape index (κ2) is 8.84. The molecule has 156 valence electrons. The molecule has 1 aliphatic heterocycles. The number of hydrogen-bond donors (Lipinski definition) is 1. The van der Waals surface area contributed by atoms with E-state index in [1.165, 1.54) is 16.7 Å². The summed E-state index contributed by atoms with van der Waals surface area (Å²) >= 11 is 0. The Balaban J connectivity index is 1.56. The van der Waals surface area contributed by atoms with Crippen molar-refractivity contribution in [3.63, 3.8) is 0 Å². The number of carbonyl (C=O) groups excluding carboxylic acids is 1. The molecule has 1 saturated heterocycles. The average Bonchev–Trinajstić information content (AvgIpc) is 3.33. The molecule has 30 heavy (non-hydrogen) atoms. The lowest BCUT2D eigenvalue weighted by Crippen LogP contribution is -2.27. The minimum atomic E-state index is 0.275. The normalized spacial score (nSPS) is 16.4. The zero-order valence-electron chi connectivity index (χ0n) is 18.1. The van der Waals surface area contributed by atoms with Crippen molar-refractivity contribution in [2.75, 3.05) is 19.6 Å². The molecular weight excluding hydrogens is 372 g/mol. The number of hydrogen-bond acceptors (Lipinski definition) is 3. The summed E-state index contributed by atoms with van der Waals surface area (Å²) in [6, 6.07) is 16.8. The Bertz CT molecular complexity index is 1020. The summed E-state index contributed by atoms with van der Waals surface area (Å²) in [6.45, 7) is 9.49. The van der Waals surface area contributed by atoms with Crippen LogP contribution in [-0.2, 0) is 11.3 Å². The van der Waals surface area contributed by atoms with Crippen molar-refractivity contribution in [2.24, 2.45) is 5.92 Å². The van der Waals surface area contributed by atoms with E-state index < -0.39 is 0 Å². The van der Waals surface area contributed by atoms with Crippen LogP contribution in [0, 0.1) is 19.8 Å². The topological polar surface area (TPSA) is 50.2 Å². The van der Waals surface area contributed by atoms with Gasteiger partial charge in [0, 0.05) is 49.9 Å². The number of carbonyl (C=O) groups is 1. The van der Waals surface area contributed by atoms with E-state index in [9.17, 15) is 4.79 Å². The summed E-state index contributed by atoms with van der Waals surface area (Å²) in [4.78, 5) is 13.9. The summed E-state index contributed by atoms with van der Waals surface area (Å²) in [7, 11) is 0. The predicted molar refractivity (Wildman–Crippen MR) is 121 cm³/mol. The van der Waals surface area contributed by atoms with E-state index in [1.807, 2.05) is 34.7 Å². The van der Waals surface area contributed by atoms with Gasteiger partial charge in [-0.2, -0.15) is 5.10 Å². The first-order chi connectivity index (χ1) is 14.5. The summed E-state index contributed by atoms with van der Waals surface area (Å²) in [5, 5.41) is 8.53. The number of aryl methyl sites for hydroxylation is 2. The molecule has 1 amide bonds. The van der Waals surface area contributed by atoms with E-state index in [0.717, 1.165) is 43.1 Å². The third-order valence-electron chi connectivity index (χ3n) is 5.87. The number of benzene rings is 2. The standard InChI is InChI=1S/C25H30N4O/c1-4-28-16-20(13-24(28)30)14-26-15-22-17-29(23-12-18(2)10-11-19(23)3)27-25(22)21-8-6-5-7-9-21/h5-12,17,20,26H,4,13-16H2,1-3H3. The van der Waals surface area contributed by atoms with Crippen molar-refractivity contribution in [1.82, 2.24) is 20.0 Å². The Labute approximate surface area is 178 Å². The molecule has 1 fully saturated rings. The summed E-state index contributed by atoms with van der Waals surface area (Å²) in [5.41, 5.74) is 6.81. The summed E-state index contributed by atoms with van der Waals surface area (Å²) in [5.74, 6) is 0.656. The molecule has 1 N–H and O–H groups in total. The number of nitrogens with zero attached hydrogens (tertiary/aromatic N) is 3. The van der Waals surface area contributed by atoms with Gasteiger partial charge in [-0.1, -0.05) is 42.5 Å². The van der Waals surface area contributed by atoms with Crippen LogP contribution in [0.5, 0.6) is 0 Å². The molecular formula is C25H30N4O. The smallest absolute Gasteiger partial charge is 0.222 e. The SMILES string of the molecule is CCN1CC(CNCc2cn(-c3cc(C)ccc3C)nc2-c2ccccc2)CC1=O. The van der Waals surface area contributed by atoms with Crippen LogP contribution in [0.25, 0.3) is 16.9 Å². The molecule has 4 rings (SSSR count). The Hall–Kier alpha value is -2.92. The second-order valence-corrected chi connectivity index (χ2v) is 8.24. The maximum Gasteiger partial charge on any atom is 0.222 e. The van der Waals surface area contributed by atoms with E-state index in [2.05, 4.69) is 55.7 Å². The first-order valence-electron chi connectivity index (χ1n) is 10.7. The quantitative estimate of drug-likeness (QED) is 0.647. The summed E-state index contributed by atoms with van der Waals surface area (Å²) in [6.07, 6.45) is 2.78. The molecule has 1 aromatic heterocycles. The van der Waals surface area contributed by atoms with Gasteiger partial charge in [-0.05, 0) is 43.9 Å². The lowest BCUT2D eigenvalue weighted by atomic mass is 10.1. The predicted octanol–water partition coefficient (Wildman–Crippen LogP) is 4.11. The van der Waals surface area contributed by atoms with Gasteiger partial charge in [0.2, 0.25) is 5.91 Å². The highest BCUT2D eigenvalue weighted by Crippen LogP contribution is 2.25. The third-order valence-corrected chi connectivity index (χ3v) is 5.87. The first kappa shape index (κ1) is 20.4. The van der Waals surface area contributed by atoms with E-state index >= 15 is 0 Å². The fourth-order valence-electron chi connectivity index (χ4n) is 4.17. The highest BCUT2D eigenvalue weighted by atomic mass is 16.2. The first-order valence-corrected chi connectivity index (χ1v) is 10.7. The van der Waals surface area contributed by atoms with Crippen LogP contribution >= 0.6 is 0 Å². The number of amides is 1. The molecule has 5 heteroatoms. The van der Waals surface area contributed by atoms with Crippen LogP contribution in [0.4, 0.5) is 0 Å². The van der Waals surface area contributed by atoms with Crippen LogP contribution in [0.3, 0.4) is 0 Å². The van der Waals surface area contributed by atoms with Crippen molar-refractivity contribution in [3.05, 3.63) is 71.4 Å². The van der Waals surface area contributed by atoms with Crippen molar-refractivity contribution in [1.29, 1.82) is 0 Å². The van der Waals surface area contributed by atoms with E-state index in [0.29, 0.717) is 12.3 Å². The maximum atomic E-state index is 12.0. The van der Waals surface area contributed by atoms with Crippen LogP contribution in [0.1, 0.15) is 30.0 Å². The highest BCUT2D eigenvalue weighted by Gasteiger charge is 2.27. The van der Waals surface area contributed by atoms with Crippen LogP contribution in [0.15, 0.2) is 54.7 Å². The highest BCUT2D eigenvalue weighted by molar-refractivity contribution is 5.78.